The van der Waals surface area contributed by atoms with Gasteiger partial charge < -0.3 is 85.7 Å². The van der Waals surface area contributed by atoms with Crippen LogP contribution in [0.2, 0.25) is 0 Å². The Bertz CT molecular complexity index is 3340. The Morgan fingerprint density at radius 2 is 0.783 bits per heavy atom. The lowest BCUT2D eigenvalue weighted by atomic mass is 10.2. The van der Waals surface area contributed by atoms with Crippen molar-refractivity contribution in [3.8, 4) is 62.5 Å². The number of amides is 2. The van der Waals surface area contributed by atoms with Crippen LogP contribution in [0.5, 0.6) is 57.5 Å². The summed E-state index contributed by atoms with van der Waals surface area (Å²) in [6.07, 6.45) is -18.5. The van der Waals surface area contributed by atoms with Crippen molar-refractivity contribution >= 4 is 85.2 Å². The quantitative estimate of drug-likeness (QED) is 0.0244. The Balaban J connectivity index is 0.000000215. The molecule has 0 saturated heterocycles. The smallest absolute Gasteiger partial charge is 0.399 e. The highest BCUT2D eigenvalue weighted by Crippen LogP contribution is 2.48. The van der Waals surface area contributed by atoms with E-state index < -0.39 is 82.0 Å². The molecule has 0 unspecified atom stereocenters. The summed E-state index contributed by atoms with van der Waals surface area (Å²) in [7, 11) is 0. The highest BCUT2D eigenvalue weighted by atomic mass is 79.9. The van der Waals surface area contributed by atoms with Gasteiger partial charge in [-0.3, -0.25) is 39.4 Å². The Morgan fingerprint density at radius 3 is 1.13 bits per heavy atom. The first-order valence-corrected chi connectivity index (χ1v) is 22.2. The molecule has 10 rings (SSSR count). The fraction of sp³-hybridized carbons (Fsp3) is 0.205. The normalized spacial score (nSPS) is 15.3. The molecule has 5 aromatic rings. The van der Waals surface area contributed by atoms with Crippen LogP contribution in [0.3, 0.4) is 0 Å². The number of benzene rings is 5. The topological polar surface area (TPSA) is 408 Å². The van der Waals surface area contributed by atoms with Crippen LogP contribution in [0.25, 0.3) is 0 Å². The molecule has 0 bridgehead atoms. The zero-order chi connectivity index (χ0) is 62.7. The van der Waals surface area contributed by atoms with E-state index in [0.29, 0.717) is 11.4 Å². The Kier molecular flexibility index (Phi) is 20.1. The molecule has 28 nitrogen and oxygen atoms in total. The number of nitrogens with zero attached hydrogens (tertiary/aromatic N) is 3. The molecule has 5 aliphatic heterocycles. The van der Waals surface area contributed by atoms with Gasteiger partial charge in [0.05, 0.1) is 33.4 Å². The van der Waals surface area contributed by atoms with Crippen molar-refractivity contribution in [2.24, 2.45) is 0 Å². The third-order valence-electron chi connectivity index (χ3n) is 8.82. The lowest BCUT2D eigenvalue weighted by Gasteiger charge is -2.04. The number of carbonyl (C=O) groups is 4. The number of hydrogen-bond donors (Lipinski definition) is 6. The second-order valence-electron chi connectivity index (χ2n) is 15.4. The van der Waals surface area contributed by atoms with Gasteiger partial charge in [0, 0.05) is 91.4 Å². The van der Waals surface area contributed by atoms with Gasteiger partial charge in [-0.1, -0.05) is 0 Å². The summed E-state index contributed by atoms with van der Waals surface area (Å²) in [6.45, 7) is 4.81. The number of esters is 2. The number of alkyl halides is 10. The van der Waals surface area contributed by atoms with Gasteiger partial charge in [0.2, 0.25) is 11.8 Å². The molecule has 10 N–H and O–H groups in total. The number of nitro groups is 2. The fourth-order valence-corrected chi connectivity index (χ4v) is 6.01. The Labute approximate surface area is 462 Å². The molecule has 39 heteroatoms. The van der Waals surface area contributed by atoms with Crippen LogP contribution in [-0.4, -0.2) is 65.1 Å². The van der Waals surface area contributed by atoms with E-state index in [9.17, 15) is 83.3 Å². The average Bonchev–Trinajstić information content (AvgIpc) is 4.20. The van der Waals surface area contributed by atoms with E-state index in [4.69, 9.17) is 28.2 Å². The second-order valence-corrected chi connectivity index (χ2v) is 15.7. The minimum absolute atomic E-state index is 0.00852. The number of halogens is 11. The van der Waals surface area contributed by atoms with Crippen LogP contribution in [0.1, 0.15) is 27.7 Å². The number of carbonyl (C=O) groups excluding carboxylic acids is 4. The van der Waals surface area contributed by atoms with Crippen molar-refractivity contribution < 1.29 is 125 Å². The van der Waals surface area contributed by atoms with Crippen molar-refractivity contribution in [2.75, 3.05) is 33.6 Å². The van der Waals surface area contributed by atoms with E-state index in [1.165, 1.54) is 69.3 Å². The summed E-state index contributed by atoms with van der Waals surface area (Å²) in [4.78, 5) is 62.3. The van der Waals surface area contributed by atoms with Gasteiger partial charge in [-0.05, 0) is 24.3 Å². The van der Waals surface area contributed by atoms with Crippen molar-refractivity contribution in [3.05, 3.63) is 93.0 Å². The largest absolute Gasteiger partial charge is 0.586 e. The predicted octanol–water partition coefficient (Wildman–Crippen LogP) is 9.06. The molecule has 5 heterocycles. The van der Waals surface area contributed by atoms with Crippen LogP contribution in [0.4, 0.5) is 89.4 Å². The fourth-order valence-electron chi connectivity index (χ4n) is 6.01. The van der Waals surface area contributed by atoms with Gasteiger partial charge in [-0.15, -0.1) is 43.9 Å². The standard InChI is InChI=1S/C9H6F2N2O5.C9H7F2NO3.C7H4F2N2O4.C7H6F2N2O2.C7H5F2NO2.C4H6O3.CBrN/c1-4(14)12-5-2-7-8(3-6(5)13(15)16)18-9(10,11)17-7;1-5(13)12-6-2-3-7-8(4-6)15-9(10,11)14-7;8-7(9)14-5-1-3(10)4(11(12)13)2-6(5)15-7;8-7(9)12-5-1-3(10)4(11)2-6(5)13-7;8-7(9)11-5-2-1-4(10)3-6(5)12-7;1-3(5)7-4(2)6;2-1-3/h2-3H,1H3,(H,12,14);2-4H,1H3,(H,12,13);1-2H,10H2;1-2H,10-11H2;1-3H,10H2;1-2H3;. The van der Waals surface area contributed by atoms with E-state index >= 15 is 0 Å². The van der Waals surface area contributed by atoms with Crippen molar-refractivity contribution in [2.45, 2.75) is 59.2 Å². The predicted molar refractivity (Wildman–Crippen MR) is 260 cm³/mol. The molecule has 5 aromatic carbocycles. The highest BCUT2D eigenvalue weighted by molar-refractivity contribution is 9.12. The summed E-state index contributed by atoms with van der Waals surface area (Å²) in [5.41, 5.74) is 20.9. The van der Waals surface area contributed by atoms with Crippen molar-refractivity contribution in [3.63, 3.8) is 0 Å². The summed E-state index contributed by atoms with van der Waals surface area (Å²) in [6, 6.07) is 13.9. The molecule has 2 amide bonds. The maximum atomic E-state index is 12.8. The molecule has 0 aliphatic carbocycles. The number of nitrogen functional groups attached to an aromatic ring is 4. The summed E-state index contributed by atoms with van der Waals surface area (Å²) < 4.78 is 171. The van der Waals surface area contributed by atoms with Gasteiger partial charge in [-0.25, -0.2) is 0 Å². The lowest BCUT2D eigenvalue weighted by Crippen LogP contribution is -2.25. The third kappa shape index (κ3) is 19.4. The van der Waals surface area contributed by atoms with Crippen LogP contribution >= 0.6 is 15.9 Å². The first-order chi connectivity index (χ1) is 38.2. The van der Waals surface area contributed by atoms with Gasteiger partial charge in [0.25, 0.3) is 11.4 Å². The number of nitriles is 1. The van der Waals surface area contributed by atoms with E-state index in [1.807, 2.05) is 0 Å². The summed E-state index contributed by atoms with van der Waals surface area (Å²) >= 11 is 2.45. The van der Waals surface area contributed by atoms with E-state index in [2.05, 4.69) is 78.7 Å². The molecular formula is C44H34BrF10N9O19. The average molecular weight is 1260 g/mol. The van der Waals surface area contributed by atoms with Crippen molar-refractivity contribution in [1.29, 1.82) is 5.26 Å². The van der Waals surface area contributed by atoms with Gasteiger partial charge in [-0.2, -0.15) is 5.26 Å². The van der Waals surface area contributed by atoms with Gasteiger partial charge in [0.1, 0.15) is 16.4 Å². The maximum Gasteiger partial charge on any atom is 0.586 e. The summed E-state index contributed by atoms with van der Waals surface area (Å²) in [5.74, 6) is -3.91. The maximum absolute atomic E-state index is 12.8. The van der Waals surface area contributed by atoms with Gasteiger partial charge in [0.15, 0.2) is 57.5 Å². The molecule has 0 fully saturated rings. The van der Waals surface area contributed by atoms with Crippen LogP contribution in [0.15, 0.2) is 72.8 Å². The zero-order valence-corrected chi connectivity index (χ0v) is 43.1. The van der Waals surface area contributed by atoms with E-state index in [0.717, 1.165) is 31.2 Å². The first kappa shape index (κ1) is 65.0. The lowest BCUT2D eigenvalue weighted by molar-refractivity contribution is -0.384. The SMILES string of the molecule is CC(=O)Nc1cc2c(cc1[N+](=O)[O-])OC(F)(F)O2.CC(=O)Nc1ccc2c(c1)OC(F)(F)O2.CC(=O)OC(C)=O.N#CBr.Nc1cc2c(cc1N)OC(F)(F)O2.Nc1cc2c(cc1[N+](=O)[O-])OC(F)(F)O2.Nc1ccc2c(c1)OC(F)(F)O2. The molecule has 0 spiro atoms. The van der Waals surface area contributed by atoms with E-state index in [-0.39, 0.29) is 74.7 Å². The third-order valence-corrected chi connectivity index (χ3v) is 8.82. The molecular weight excluding hydrogens is 1230 g/mol. The molecule has 83 heavy (non-hydrogen) atoms. The molecule has 446 valence electrons. The van der Waals surface area contributed by atoms with Crippen LogP contribution < -0.4 is 80.9 Å². The number of rotatable bonds is 4. The molecule has 0 atom stereocenters. The molecule has 0 saturated carbocycles. The number of hydrogen-bond acceptors (Lipinski definition) is 24. The Hall–Kier alpha value is -10.6. The molecule has 0 radical (unpaired) electrons. The number of anilines is 6. The van der Waals surface area contributed by atoms with Crippen LogP contribution in [0, 0.1) is 30.5 Å². The zero-order valence-electron chi connectivity index (χ0n) is 41.5. The number of nitro benzene ring substituents is 2. The summed E-state index contributed by atoms with van der Waals surface area (Å²) in [5, 5.41) is 33.0. The van der Waals surface area contributed by atoms with Crippen LogP contribution in [-0.2, 0) is 23.9 Å². The number of ether oxygens (including phenoxy) is 11. The minimum atomic E-state index is -3.87. The number of fused-ring (bicyclic) bond motifs is 5. The highest BCUT2D eigenvalue weighted by Gasteiger charge is 2.47. The Morgan fingerprint density at radius 1 is 0.482 bits per heavy atom. The molecule has 5 aliphatic rings. The molecule has 0 aromatic heterocycles. The second kappa shape index (κ2) is 25.7. The minimum Gasteiger partial charge on any atom is -0.399 e. The first-order valence-electron chi connectivity index (χ1n) is 21.4. The van der Waals surface area contributed by atoms with E-state index in [1.54, 1.807) is 4.98 Å². The monoisotopic (exact) mass is 1260 g/mol. The number of nitrogens with one attached hydrogen (secondary N) is 2. The van der Waals surface area contributed by atoms with Crippen molar-refractivity contribution in [1.82, 2.24) is 0 Å². The number of nitrogens with two attached hydrogens (primary N) is 4. The van der Waals surface area contributed by atoms with Gasteiger partial charge >= 0.3 is 43.4 Å².